The summed E-state index contributed by atoms with van der Waals surface area (Å²) in [6.45, 7) is 7.23. The highest BCUT2D eigenvalue weighted by atomic mass is 35.5. The molecule has 4 nitrogen and oxygen atoms in total. The van der Waals surface area contributed by atoms with Gasteiger partial charge in [0.2, 0.25) is 5.91 Å². The normalized spacial score (nSPS) is 10.5. The van der Waals surface area contributed by atoms with Crippen molar-refractivity contribution in [3.8, 4) is 0 Å². The summed E-state index contributed by atoms with van der Waals surface area (Å²) in [4.78, 5) is 14.3. The number of rotatable bonds is 9. The van der Waals surface area contributed by atoms with Gasteiger partial charge in [-0.3, -0.25) is 4.79 Å². The minimum atomic E-state index is -0.0401. The Morgan fingerprint density at radius 3 is 2.44 bits per heavy atom. The maximum atomic E-state index is 12.0. The van der Waals surface area contributed by atoms with E-state index in [1.807, 2.05) is 48.5 Å². The number of amides is 1. The topological polar surface area (TPSA) is 44.4 Å². The first-order valence-electron chi connectivity index (χ1n) is 8.72. The Kier molecular flexibility index (Phi) is 7.76. The summed E-state index contributed by atoms with van der Waals surface area (Å²) in [6.07, 6.45) is 0.840. The number of carbonyl (C=O) groups excluding carboxylic acids is 1. The van der Waals surface area contributed by atoms with Crippen molar-refractivity contribution in [1.82, 2.24) is 5.32 Å². The van der Waals surface area contributed by atoms with Crippen molar-refractivity contribution < 1.29 is 4.79 Å². The number of nitrogens with zero attached hydrogens (tertiary/aromatic N) is 1. The van der Waals surface area contributed by atoms with Crippen molar-refractivity contribution in [3.05, 3.63) is 59.1 Å². The molecule has 0 heterocycles. The van der Waals surface area contributed by atoms with Crippen molar-refractivity contribution in [2.45, 2.75) is 20.3 Å². The molecule has 0 unspecified atom stereocenters. The third-order valence-corrected chi connectivity index (χ3v) is 4.28. The predicted octanol–water partition coefficient (Wildman–Crippen LogP) is 3.96. The van der Waals surface area contributed by atoms with E-state index in [4.69, 9.17) is 11.6 Å². The standard InChI is InChI=1S/C20H26ClN3O/c1-3-24(4-2)19-10-8-18(9-11-19)23-20(25)15-22-13-12-16-6-5-7-17(21)14-16/h5-11,14,22H,3-4,12-13,15H2,1-2H3,(H,23,25). The minimum absolute atomic E-state index is 0.0401. The predicted molar refractivity (Wildman–Crippen MR) is 107 cm³/mol. The zero-order chi connectivity index (χ0) is 18.1. The van der Waals surface area contributed by atoms with Crippen LogP contribution in [-0.2, 0) is 11.2 Å². The summed E-state index contributed by atoms with van der Waals surface area (Å²) in [5.41, 5.74) is 3.15. The first kappa shape index (κ1) is 19.3. The lowest BCUT2D eigenvalue weighted by atomic mass is 10.1. The van der Waals surface area contributed by atoms with Crippen LogP contribution in [0.1, 0.15) is 19.4 Å². The number of carbonyl (C=O) groups is 1. The smallest absolute Gasteiger partial charge is 0.238 e. The van der Waals surface area contributed by atoms with E-state index in [2.05, 4.69) is 29.4 Å². The van der Waals surface area contributed by atoms with Crippen molar-refractivity contribution in [3.63, 3.8) is 0 Å². The lowest BCUT2D eigenvalue weighted by Gasteiger charge is -2.21. The van der Waals surface area contributed by atoms with Gasteiger partial charge in [-0.1, -0.05) is 23.7 Å². The number of hydrogen-bond acceptors (Lipinski definition) is 3. The van der Waals surface area contributed by atoms with Crippen LogP contribution >= 0.6 is 11.6 Å². The molecular formula is C20H26ClN3O. The second kappa shape index (κ2) is 10.1. The second-order valence-electron chi connectivity index (χ2n) is 5.82. The van der Waals surface area contributed by atoms with E-state index in [0.29, 0.717) is 6.54 Å². The number of hydrogen-bond donors (Lipinski definition) is 2. The van der Waals surface area contributed by atoms with Crippen molar-refractivity contribution in [2.24, 2.45) is 0 Å². The number of halogens is 1. The zero-order valence-corrected chi connectivity index (χ0v) is 15.6. The third kappa shape index (κ3) is 6.40. The first-order chi connectivity index (χ1) is 12.1. The van der Waals surface area contributed by atoms with Gasteiger partial charge in [0.15, 0.2) is 0 Å². The van der Waals surface area contributed by atoms with E-state index in [1.54, 1.807) is 0 Å². The van der Waals surface area contributed by atoms with E-state index in [-0.39, 0.29) is 5.91 Å². The van der Waals surface area contributed by atoms with Crippen LogP contribution < -0.4 is 15.5 Å². The van der Waals surface area contributed by atoms with E-state index in [9.17, 15) is 4.79 Å². The molecule has 0 saturated carbocycles. The Balaban J connectivity index is 1.73. The van der Waals surface area contributed by atoms with Crippen molar-refractivity contribution in [1.29, 1.82) is 0 Å². The van der Waals surface area contributed by atoms with Gasteiger partial charge in [-0.15, -0.1) is 0 Å². The van der Waals surface area contributed by atoms with Gasteiger partial charge in [-0.25, -0.2) is 0 Å². The molecule has 0 bridgehead atoms. The Labute approximate surface area is 155 Å². The van der Waals surface area contributed by atoms with Gasteiger partial charge in [0.05, 0.1) is 6.54 Å². The lowest BCUT2D eigenvalue weighted by Crippen LogP contribution is -2.29. The molecule has 2 rings (SSSR count). The highest BCUT2D eigenvalue weighted by molar-refractivity contribution is 6.30. The van der Waals surface area contributed by atoms with Crippen LogP contribution in [0, 0.1) is 0 Å². The highest BCUT2D eigenvalue weighted by Gasteiger charge is 2.04. The second-order valence-corrected chi connectivity index (χ2v) is 6.26. The molecule has 0 aliphatic heterocycles. The largest absolute Gasteiger partial charge is 0.372 e. The van der Waals surface area contributed by atoms with Crippen LogP contribution in [0.25, 0.3) is 0 Å². The molecule has 2 aromatic carbocycles. The Morgan fingerprint density at radius 1 is 1.08 bits per heavy atom. The van der Waals surface area contributed by atoms with Gasteiger partial charge in [0.25, 0.3) is 0 Å². The molecule has 0 aliphatic carbocycles. The number of anilines is 2. The zero-order valence-electron chi connectivity index (χ0n) is 14.9. The van der Waals surface area contributed by atoms with Crippen LogP contribution in [0.3, 0.4) is 0 Å². The molecule has 25 heavy (non-hydrogen) atoms. The van der Waals surface area contributed by atoms with Crippen LogP contribution in [0.5, 0.6) is 0 Å². The fourth-order valence-corrected chi connectivity index (χ4v) is 2.89. The van der Waals surface area contributed by atoms with Crippen LogP contribution in [-0.4, -0.2) is 32.1 Å². The third-order valence-electron chi connectivity index (χ3n) is 4.04. The van der Waals surface area contributed by atoms with Gasteiger partial charge in [0, 0.05) is 29.5 Å². The summed E-state index contributed by atoms with van der Waals surface area (Å²) in [6, 6.07) is 15.7. The van der Waals surface area contributed by atoms with Crippen molar-refractivity contribution >= 4 is 28.9 Å². The highest BCUT2D eigenvalue weighted by Crippen LogP contribution is 2.17. The monoisotopic (exact) mass is 359 g/mol. The molecule has 2 N–H and O–H groups in total. The van der Waals surface area contributed by atoms with E-state index in [0.717, 1.165) is 42.3 Å². The molecule has 0 saturated heterocycles. The molecule has 1 amide bonds. The molecule has 5 heteroatoms. The lowest BCUT2D eigenvalue weighted by molar-refractivity contribution is -0.115. The fourth-order valence-electron chi connectivity index (χ4n) is 2.68. The summed E-state index contributed by atoms with van der Waals surface area (Å²) in [7, 11) is 0. The van der Waals surface area contributed by atoms with Gasteiger partial charge in [0.1, 0.15) is 0 Å². The molecule has 0 atom stereocenters. The summed E-state index contributed by atoms with van der Waals surface area (Å²) >= 11 is 5.96. The number of nitrogens with one attached hydrogen (secondary N) is 2. The van der Waals surface area contributed by atoms with Crippen LogP contribution in [0.15, 0.2) is 48.5 Å². The van der Waals surface area contributed by atoms with Crippen molar-refractivity contribution in [2.75, 3.05) is 36.4 Å². The Bertz CT molecular complexity index is 669. The van der Waals surface area contributed by atoms with E-state index < -0.39 is 0 Å². The first-order valence-corrected chi connectivity index (χ1v) is 9.10. The molecule has 2 aromatic rings. The maximum Gasteiger partial charge on any atom is 0.238 e. The fraction of sp³-hybridized carbons (Fsp3) is 0.350. The van der Waals surface area contributed by atoms with Crippen LogP contribution in [0.4, 0.5) is 11.4 Å². The molecular weight excluding hydrogens is 334 g/mol. The maximum absolute atomic E-state index is 12.0. The molecule has 0 aliphatic rings. The van der Waals surface area contributed by atoms with Gasteiger partial charge in [-0.2, -0.15) is 0 Å². The molecule has 0 aromatic heterocycles. The van der Waals surface area contributed by atoms with Gasteiger partial charge >= 0.3 is 0 Å². The summed E-state index contributed by atoms with van der Waals surface area (Å²) in [5.74, 6) is -0.0401. The molecule has 0 fully saturated rings. The Morgan fingerprint density at radius 2 is 1.80 bits per heavy atom. The molecule has 0 spiro atoms. The van der Waals surface area contributed by atoms with Crippen LogP contribution in [0.2, 0.25) is 5.02 Å². The van der Waals surface area contributed by atoms with E-state index in [1.165, 1.54) is 5.69 Å². The number of benzene rings is 2. The Hall–Kier alpha value is -2.04. The van der Waals surface area contributed by atoms with Gasteiger partial charge in [-0.05, 0) is 68.8 Å². The average Bonchev–Trinajstić information content (AvgIpc) is 2.61. The molecule has 0 radical (unpaired) electrons. The average molecular weight is 360 g/mol. The summed E-state index contributed by atoms with van der Waals surface area (Å²) in [5, 5.41) is 6.81. The molecule has 134 valence electrons. The minimum Gasteiger partial charge on any atom is -0.372 e. The quantitative estimate of drug-likeness (QED) is 0.666. The van der Waals surface area contributed by atoms with Gasteiger partial charge < -0.3 is 15.5 Å². The summed E-state index contributed by atoms with van der Waals surface area (Å²) < 4.78 is 0. The SMILES string of the molecule is CCN(CC)c1ccc(NC(=O)CNCCc2cccc(Cl)c2)cc1. The van der Waals surface area contributed by atoms with E-state index >= 15 is 0 Å².